The predicted molar refractivity (Wildman–Crippen MR) is 94.4 cm³/mol. The molecule has 142 valence electrons. The maximum Gasteiger partial charge on any atom is 0.422 e. The van der Waals surface area contributed by atoms with Gasteiger partial charge >= 0.3 is 6.18 Å². The molecule has 2 N–H and O–H groups in total. The van der Waals surface area contributed by atoms with Crippen molar-refractivity contribution < 1.29 is 17.9 Å². The van der Waals surface area contributed by atoms with Crippen LogP contribution in [0.4, 0.5) is 13.2 Å². The Morgan fingerprint density at radius 1 is 1.27 bits per heavy atom. The van der Waals surface area contributed by atoms with Gasteiger partial charge in [0, 0.05) is 30.7 Å². The van der Waals surface area contributed by atoms with E-state index in [0.29, 0.717) is 19.0 Å². The summed E-state index contributed by atoms with van der Waals surface area (Å²) in [4.78, 5) is 13.4. The van der Waals surface area contributed by atoms with Crippen LogP contribution in [0.25, 0.3) is 0 Å². The Morgan fingerprint density at radius 3 is 2.62 bits per heavy atom. The summed E-state index contributed by atoms with van der Waals surface area (Å²) < 4.78 is 41.3. The molecule has 6 nitrogen and oxygen atoms in total. The molecule has 0 atom stereocenters. The third kappa shape index (κ3) is 6.51. The molecule has 0 bridgehead atoms. The van der Waals surface area contributed by atoms with Crippen molar-refractivity contribution in [3.63, 3.8) is 0 Å². The number of pyridine rings is 1. The van der Waals surface area contributed by atoms with Gasteiger partial charge in [-0.1, -0.05) is 0 Å². The first kappa shape index (κ1) is 20.0. The predicted octanol–water partition coefficient (Wildman–Crippen LogP) is 2.96. The van der Waals surface area contributed by atoms with E-state index in [1.165, 1.54) is 12.3 Å². The number of rotatable bonds is 6. The number of aromatic nitrogens is 2. The van der Waals surface area contributed by atoms with Crippen LogP contribution in [0.3, 0.4) is 0 Å². The normalized spacial score (nSPS) is 12.2. The van der Waals surface area contributed by atoms with E-state index in [9.17, 15) is 13.2 Å². The number of alkyl halides is 3. The van der Waals surface area contributed by atoms with Gasteiger partial charge in [0.2, 0.25) is 5.88 Å². The monoisotopic (exact) mass is 387 g/mol. The molecular weight excluding hydrogens is 367 g/mol. The second-order valence-electron chi connectivity index (χ2n) is 5.43. The largest absolute Gasteiger partial charge is 0.468 e. The van der Waals surface area contributed by atoms with Gasteiger partial charge in [-0.2, -0.15) is 13.2 Å². The van der Waals surface area contributed by atoms with Crippen molar-refractivity contribution in [3.8, 4) is 5.88 Å². The minimum atomic E-state index is -4.39. The second-order valence-corrected chi connectivity index (χ2v) is 6.71. The number of aryl methyl sites for hydroxylation is 2. The molecule has 2 heterocycles. The minimum Gasteiger partial charge on any atom is -0.468 e. The Balaban J connectivity index is 1.87. The summed E-state index contributed by atoms with van der Waals surface area (Å²) in [7, 11) is 1.64. The van der Waals surface area contributed by atoms with Crippen LogP contribution in [-0.4, -0.2) is 35.8 Å². The molecule has 2 aromatic rings. The smallest absolute Gasteiger partial charge is 0.422 e. The lowest BCUT2D eigenvalue weighted by Crippen LogP contribution is -2.36. The van der Waals surface area contributed by atoms with Crippen LogP contribution in [0.1, 0.15) is 21.1 Å². The summed E-state index contributed by atoms with van der Waals surface area (Å²) in [6, 6.07) is 3.15. The molecule has 2 aromatic heterocycles. The van der Waals surface area contributed by atoms with Crippen molar-refractivity contribution in [2.24, 2.45) is 4.99 Å². The average molecular weight is 387 g/mol. The minimum absolute atomic E-state index is 0.0691. The van der Waals surface area contributed by atoms with E-state index in [-0.39, 0.29) is 5.88 Å². The van der Waals surface area contributed by atoms with Gasteiger partial charge in [0.1, 0.15) is 0 Å². The van der Waals surface area contributed by atoms with Crippen LogP contribution in [0.2, 0.25) is 0 Å². The van der Waals surface area contributed by atoms with E-state index in [0.717, 1.165) is 21.1 Å². The van der Waals surface area contributed by atoms with E-state index in [2.05, 4.69) is 30.3 Å². The fourth-order valence-corrected chi connectivity index (χ4v) is 2.98. The average Bonchev–Trinajstić information content (AvgIpc) is 2.90. The van der Waals surface area contributed by atoms with Crippen LogP contribution in [0, 0.1) is 13.8 Å². The number of hydrogen-bond donors (Lipinski definition) is 2. The third-order valence-corrected chi connectivity index (χ3v) is 4.36. The molecule has 0 saturated heterocycles. The number of aliphatic imine (C=N–C) groups is 1. The number of guanidine groups is 1. The molecule has 0 aliphatic carbocycles. The summed E-state index contributed by atoms with van der Waals surface area (Å²) in [5.74, 6) is 0.505. The Morgan fingerprint density at radius 2 is 2.00 bits per heavy atom. The standard InChI is InChI=1S/C16H20F3N5OS/c1-10-13(26-11(2)24-10)8-23-15(20-3)22-7-12-4-5-21-14(6-12)25-9-16(17,18)19/h4-6H,7-9H2,1-3H3,(H2,20,22,23). The maximum atomic E-state index is 12.2. The van der Waals surface area contributed by atoms with E-state index < -0.39 is 12.8 Å². The van der Waals surface area contributed by atoms with Gasteiger partial charge in [0.05, 0.1) is 17.2 Å². The summed E-state index contributed by atoms with van der Waals surface area (Å²) in [6.07, 6.45) is -2.99. The van der Waals surface area contributed by atoms with Crippen LogP contribution >= 0.6 is 11.3 Å². The van der Waals surface area contributed by atoms with Gasteiger partial charge in [-0.15, -0.1) is 11.3 Å². The molecule has 2 rings (SSSR count). The first-order chi connectivity index (χ1) is 12.3. The van der Waals surface area contributed by atoms with Gasteiger partial charge in [-0.25, -0.2) is 9.97 Å². The molecule has 0 radical (unpaired) electrons. The summed E-state index contributed by atoms with van der Waals surface area (Å²) >= 11 is 1.62. The van der Waals surface area contributed by atoms with Crippen LogP contribution in [0.15, 0.2) is 23.3 Å². The van der Waals surface area contributed by atoms with Crippen LogP contribution in [0.5, 0.6) is 5.88 Å². The van der Waals surface area contributed by atoms with Gasteiger partial charge < -0.3 is 15.4 Å². The molecule has 0 unspecified atom stereocenters. The molecule has 0 spiro atoms. The highest BCUT2D eigenvalue weighted by Crippen LogP contribution is 2.18. The SMILES string of the molecule is CN=C(NCc1ccnc(OCC(F)(F)F)c1)NCc1sc(C)nc1C. The van der Waals surface area contributed by atoms with Crippen molar-refractivity contribution in [1.82, 2.24) is 20.6 Å². The van der Waals surface area contributed by atoms with Gasteiger partial charge in [-0.05, 0) is 25.5 Å². The lowest BCUT2D eigenvalue weighted by atomic mass is 10.2. The quantitative estimate of drug-likeness (QED) is 0.589. The van der Waals surface area contributed by atoms with Crippen molar-refractivity contribution in [1.29, 1.82) is 0 Å². The van der Waals surface area contributed by atoms with E-state index in [4.69, 9.17) is 0 Å². The van der Waals surface area contributed by atoms with E-state index in [1.54, 1.807) is 24.5 Å². The first-order valence-electron chi connectivity index (χ1n) is 7.78. The second kappa shape index (κ2) is 8.84. The molecule has 10 heteroatoms. The van der Waals surface area contributed by atoms with Crippen LogP contribution < -0.4 is 15.4 Å². The van der Waals surface area contributed by atoms with E-state index in [1.807, 2.05) is 13.8 Å². The number of nitrogens with one attached hydrogen (secondary N) is 2. The highest BCUT2D eigenvalue weighted by Gasteiger charge is 2.28. The Labute approximate surface area is 153 Å². The molecular formula is C16H20F3N5OS. The van der Waals surface area contributed by atoms with Gasteiger partial charge in [0.25, 0.3) is 0 Å². The van der Waals surface area contributed by atoms with Crippen molar-refractivity contribution >= 4 is 17.3 Å². The molecule has 0 fully saturated rings. The fourth-order valence-electron chi connectivity index (χ4n) is 2.10. The molecule has 0 saturated carbocycles. The Kier molecular flexibility index (Phi) is 6.78. The van der Waals surface area contributed by atoms with Crippen molar-refractivity contribution in [3.05, 3.63) is 39.5 Å². The zero-order chi connectivity index (χ0) is 19.2. The number of hydrogen-bond acceptors (Lipinski definition) is 5. The Bertz CT molecular complexity index is 761. The van der Waals surface area contributed by atoms with Gasteiger partial charge in [-0.3, -0.25) is 4.99 Å². The van der Waals surface area contributed by atoms with E-state index >= 15 is 0 Å². The highest BCUT2D eigenvalue weighted by molar-refractivity contribution is 7.11. The number of nitrogens with zero attached hydrogens (tertiary/aromatic N) is 3. The lowest BCUT2D eigenvalue weighted by Gasteiger charge is -2.12. The highest BCUT2D eigenvalue weighted by atomic mass is 32.1. The topological polar surface area (TPSA) is 71.4 Å². The van der Waals surface area contributed by atoms with Crippen LogP contribution in [-0.2, 0) is 13.1 Å². The Hall–Kier alpha value is -2.36. The van der Waals surface area contributed by atoms with Crippen molar-refractivity contribution in [2.75, 3.05) is 13.7 Å². The third-order valence-electron chi connectivity index (χ3n) is 3.28. The lowest BCUT2D eigenvalue weighted by molar-refractivity contribution is -0.154. The first-order valence-corrected chi connectivity index (χ1v) is 8.60. The zero-order valence-electron chi connectivity index (χ0n) is 14.6. The molecule has 26 heavy (non-hydrogen) atoms. The van der Waals surface area contributed by atoms with Gasteiger partial charge in [0.15, 0.2) is 12.6 Å². The molecule has 0 aromatic carbocycles. The molecule has 0 aliphatic heterocycles. The fraction of sp³-hybridized carbons (Fsp3) is 0.438. The number of thiazole rings is 1. The van der Waals surface area contributed by atoms with Crippen molar-refractivity contribution in [2.45, 2.75) is 33.1 Å². The molecule has 0 aliphatic rings. The number of halogens is 3. The maximum absolute atomic E-state index is 12.2. The summed E-state index contributed by atoms with van der Waals surface area (Å²) in [5, 5.41) is 7.29. The summed E-state index contributed by atoms with van der Waals surface area (Å²) in [6.45, 7) is 3.50. The zero-order valence-corrected chi connectivity index (χ0v) is 15.5. The number of ether oxygens (including phenoxy) is 1. The molecule has 0 amide bonds. The summed E-state index contributed by atoms with van der Waals surface area (Å²) in [5.41, 5.74) is 1.71.